The molecule has 0 rings (SSSR count). The molecular weight excluding hydrogens is 192 g/mol. The van der Waals surface area contributed by atoms with Crippen LogP contribution < -0.4 is 0 Å². The van der Waals surface area contributed by atoms with Crippen molar-refractivity contribution in [2.24, 2.45) is 0 Å². The molecule has 2 nitrogen and oxygen atoms in total. The van der Waals surface area contributed by atoms with Gasteiger partial charge in [0.25, 0.3) is 0 Å². The smallest absolute Gasteiger partial charge is 0.249 e. The Morgan fingerprint density at radius 3 is 2.33 bits per heavy atom. The van der Waals surface area contributed by atoms with Gasteiger partial charge < -0.3 is 4.89 Å². The maximum atomic E-state index is 12.3. The molecule has 12 heavy (non-hydrogen) atoms. The molecule has 6 heteroatoms. The molecule has 0 aromatic heterocycles. The Labute approximate surface area is 67.2 Å². The number of hydrogen-bond donors (Lipinski definition) is 1. The summed E-state index contributed by atoms with van der Waals surface area (Å²) >= 11 is 0. The van der Waals surface area contributed by atoms with E-state index in [9.17, 15) is 17.7 Å². The van der Waals surface area contributed by atoms with Crippen LogP contribution in [0.2, 0.25) is 0 Å². The Hall–Kier alpha value is -0.800. The molecule has 0 aromatic rings. The van der Waals surface area contributed by atoms with Crippen molar-refractivity contribution in [3.63, 3.8) is 0 Å². The summed E-state index contributed by atoms with van der Waals surface area (Å²) in [6.45, 7) is 0. The van der Waals surface area contributed by atoms with Crippen molar-refractivity contribution in [1.82, 2.24) is 0 Å². The molecule has 0 aliphatic carbocycles. The highest BCUT2D eigenvalue weighted by Crippen LogP contribution is 2.45. The average Bonchev–Trinajstić information content (AvgIpc) is 1.85. The highest BCUT2D eigenvalue weighted by atomic mass is 31.2. The number of halogens is 3. The predicted molar refractivity (Wildman–Crippen MR) is 39.5 cm³/mol. The molecule has 1 N–H and O–H groups in total. The summed E-state index contributed by atoms with van der Waals surface area (Å²) in [5.41, 5.74) is 0. The second-order valence-corrected chi connectivity index (χ2v) is 3.66. The minimum atomic E-state index is -4.09. The summed E-state index contributed by atoms with van der Waals surface area (Å²) < 4.78 is 45.6. The van der Waals surface area contributed by atoms with Crippen molar-refractivity contribution in [3.05, 3.63) is 36.2 Å². The average molecular weight is 198 g/mol. The summed E-state index contributed by atoms with van der Waals surface area (Å²) in [5, 5.41) is 0. The Morgan fingerprint density at radius 2 is 1.92 bits per heavy atom. The lowest BCUT2D eigenvalue weighted by molar-refractivity contribution is 0.497. The second kappa shape index (κ2) is 4.95. The van der Waals surface area contributed by atoms with Crippen molar-refractivity contribution >= 4 is 7.37 Å². The van der Waals surface area contributed by atoms with E-state index in [-0.39, 0.29) is 18.5 Å². The van der Waals surface area contributed by atoms with Crippen molar-refractivity contribution in [2.45, 2.75) is 0 Å². The van der Waals surface area contributed by atoms with Gasteiger partial charge in [0, 0.05) is 17.7 Å². The first-order chi connectivity index (χ1) is 5.52. The molecule has 0 radical (unpaired) electrons. The van der Waals surface area contributed by atoms with E-state index in [1.807, 2.05) is 0 Å². The van der Waals surface area contributed by atoms with E-state index in [2.05, 4.69) is 0 Å². The molecular formula is C6H6F3O2P. The number of rotatable bonds is 3. The fourth-order valence-corrected chi connectivity index (χ4v) is 1.09. The molecule has 0 aliphatic rings. The van der Waals surface area contributed by atoms with Crippen LogP contribution in [0.15, 0.2) is 36.2 Å². The van der Waals surface area contributed by atoms with Crippen LogP contribution in [0.1, 0.15) is 0 Å². The van der Waals surface area contributed by atoms with Gasteiger partial charge in [-0.2, -0.15) is 0 Å². The molecule has 0 aliphatic heterocycles. The molecule has 0 saturated carbocycles. The largest absolute Gasteiger partial charge is 0.339 e. The lowest BCUT2D eigenvalue weighted by atomic mass is 10.6. The monoisotopic (exact) mass is 198 g/mol. The minimum absolute atomic E-state index is 0.134. The highest BCUT2D eigenvalue weighted by Gasteiger charge is 2.10. The van der Waals surface area contributed by atoms with Gasteiger partial charge in [0.05, 0.1) is 12.7 Å². The minimum Gasteiger partial charge on any atom is -0.339 e. The normalized spacial score (nSPS) is 18.8. The van der Waals surface area contributed by atoms with Gasteiger partial charge in [-0.15, -0.1) is 0 Å². The molecule has 0 heterocycles. The Morgan fingerprint density at radius 1 is 1.33 bits per heavy atom. The number of allylic oxidation sites excluding steroid dienone is 2. The Balaban J connectivity index is 4.61. The zero-order valence-corrected chi connectivity index (χ0v) is 6.72. The molecule has 0 bridgehead atoms. The summed E-state index contributed by atoms with van der Waals surface area (Å²) in [7, 11) is -4.09. The van der Waals surface area contributed by atoms with Crippen LogP contribution in [0.4, 0.5) is 13.2 Å². The zero-order chi connectivity index (χ0) is 9.61. The van der Waals surface area contributed by atoms with E-state index in [4.69, 9.17) is 4.89 Å². The quantitative estimate of drug-likeness (QED) is 0.559. The third-order valence-corrected chi connectivity index (χ3v) is 1.96. The van der Waals surface area contributed by atoms with Gasteiger partial charge in [-0.3, -0.25) is 4.57 Å². The van der Waals surface area contributed by atoms with Crippen LogP contribution in [0.5, 0.6) is 0 Å². The van der Waals surface area contributed by atoms with Crippen molar-refractivity contribution in [2.75, 3.05) is 0 Å². The van der Waals surface area contributed by atoms with E-state index in [0.29, 0.717) is 11.9 Å². The number of hydrogen-bond acceptors (Lipinski definition) is 1. The first-order valence-corrected chi connectivity index (χ1v) is 4.57. The third kappa shape index (κ3) is 4.93. The van der Waals surface area contributed by atoms with E-state index in [1.165, 1.54) is 0 Å². The molecule has 0 amide bonds. The molecule has 0 fully saturated rings. The van der Waals surface area contributed by atoms with Gasteiger partial charge in [-0.05, 0) is 0 Å². The van der Waals surface area contributed by atoms with Crippen molar-refractivity contribution in [1.29, 1.82) is 0 Å². The fraction of sp³-hybridized carbons (Fsp3) is 0. The van der Waals surface area contributed by atoms with Gasteiger partial charge in [0.15, 0.2) is 0 Å². The Bertz CT molecular complexity index is 270. The SMILES string of the molecule is O=P(O)(C=CF)C=C(F)C=CF. The second-order valence-electron chi connectivity index (χ2n) is 1.75. The summed E-state index contributed by atoms with van der Waals surface area (Å²) in [6, 6.07) is 0. The molecule has 1 atom stereocenters. The van der Waals surface area contributed by atoms with E-state index in [0.717, 1.165) is 0 Å². The topological polar surface area (TPSA) is 37.3 Å². The Kier molecular flexibility index (Phi) is 4.62. The summed E-state index contributed by atoms with van der Waals surface area (Å²) in [6.07, 6.45) is 0.0314. The van der Waals surface area contributed by atoms with Gasteiger partial charge in [-0.25, -0.2) is 13.2 Å². The van der Waals surface area contributed by atoms with Gasteiger partial charge in [0.1, 0.15) is 5.83 Å². The maximum absolute atomic E-state index is 12.3. The molecule has 0 spiro atoms. The lowest BCUT2D eigenvalue weighted by Gasteiger charge is -1.96. The lowest BCUT2D eigenvalue weighted by Crippen LogP contribution is -1.70. The van der Waals surface area contributed by atoms with E-state index in [1.54, 1.807) is 0 Å². The first kappa shape index (κ1) is 11.2. The zero-order valence-electron chi connectivity index (χ0n) is 5.82. The summed E-state index contributed by atoms with van der Waals surface area (Å²) in [4.78, 5) is 8.67. The van der Waals surface area contributed by atoms with Gasteiger partial charge in [-0.1, -0.05) is 0 Å². The standard InChI is InChI=1S/C6H6F3O2P/c7-2-1-6(9)5-12(10,11)4-3-8/h1-5H,(H,10,11). The van der Waals surface area contributed by atoms with Crippen LogP contribution in [-0.4, -0.2) is 4.89 Å². The summed E-state index contributed by atoms with van der Waals surface area (Å²) in [5.74, 6) is -0.709. The maximum Gasteiger partial charge on any atom is 0.249 e. The van der Waals surface area contributed by atoms with Crippen LogP contribution >= 0.6 is 7.37 Å². The van der Waals surface area contributed by atoms with Crippen LogP contribution in [0.25, 0.3) is 0 Å². The first-order valence-electron chi connectivity index (χ1n) is 2.77. The van der Waals surface area contributed by atoms with Crippen molar-refractivity contribution in [3.8, 4) is 0 Å². The van der Waals surface area contributed by atoms with Crippen LogP contribution in [0.3, 0.4) is 0 Å². The van der Waals surface area contributed by atoms with Gasteiger partial charge >= 0.3 is 0 Å². The van der Waals surface area contributed by atoms with Crippen LogP contribution in [-0.2, 0) is 4.57 Å². The van der Waals surface area contributed by atoms with E-state index < -0.39 is 13.2 Å². The predicted octanol–water partition coefficient (Wildman–Crippen LogP) is 2.99. The third-order valence-electron chi connectivity index (χ3n) is 0.800. The van der Waals surface area contributed by atoms with Gasteiger partial charge in [0.2, 0.25) is 7.37 Å². The van der Waals surface area contributed by atoms with Crippen LogP contribution in [0, 0.1) is 0 Å². The molecule has 68 valence electrons. The fourth-order valence-electron chi connectivity index (χ4n) is 0.404. The highest BCUT2D eigenvalue weighted by molar-refractivity contribution is 7.64. The molecule has 1 unspecified atom stereocenters. The molecule has 0 aromatic carbocycles. The molecule has 0 saturated heterocycles. The van der Waals surface area contributed by atoms with Crippen molar-refractivity contribution < 1.29 is 22.6 Å². The van der Waals surface area contributed by atoms with E-state index >= 15 is 0 Å².